The smallest absolute Gasteiger partial charge is 0.332 e. The number of para-hydroxylation sites is 1. The number of aromatic nitrogens is 1. The van der Waals surface area contributed by atoms with Crippen LogP contribution in [-0.4, -0.2) is 21.8 Å². The molecule has 1 heterocycles. The molecule has 1 unspecified atom stereocenters. The van der Waals surface area contributed by atoms with Crippen LogP contribution in [0.5, 0.6) is 0 Å². The average Bonchev–Trinajstić information content (AvgIpc) is 2.82. The number of aliphatic carboxylic acids is 1. The summed E-state index contributed by atoms with van der Waals surface area (Å²) in [7, 11) is 0. The molecule has 0 spiro atoms. The van der Waals surface area contributed by atoms with E-state index >= 15 is 0 Å². The van der Waals surface area contributed by atoms with Crippen LogP contribution in [0.15, 0.2) is 42.1 Å². The molecule has 0 radical (unpaired) electrons. The number of carbonyl (C=O) groups is 2. The number of hydrogen-bond acceptors (Lipinski definition) is 2. The Bertz CT molecular complexity index is 696. The lowest BCUT2D eigenvalue weighted by Crippen LogP contribution is -2.18. The van der Waals surface area contributed by atoms with E-state index in [2.05, 4.69) is 4.98 Å². The molecule has 0 aliphatic heterocycles. The van der Waals surface area contributed by atoms with Gasteiger partial charge in [-0.25, -0.2) is 4.79 Å². The SMILES string of the molecule is O=C1C=C(C(=O)O)C(c2c[nH]c3ccccc23)CC1. The summed E-state index contributed by atoms with van der Waals surface area (Å²) in [6, 6.07) is 7.78. The number of H-pyrrole nitrogens is 1. The highest BCUT2D eigenvalue weighted by Crippen LogP contribution is 2.36. The van der Waals surface area contributed by atoms with Gasteiger partial charge in [0, 0.05) is 35.0 Å². The van der Waals surface area contributed by atoms with Crippen molar-refractivity contribution in [1.82, 2.24) is 4.98 Å². The third kappa shape index (κ3) is 1.95. The maximum atomic E-state index is 11.4. The summed E-state index contributed by atoms with van der Waals surface area (Å²) in [5, 5.41) is 10.3. The van der Waals surface area contributed by atoms with Gasteiger partial charge in [-0.05, 0) is 24.1 Å². The van der Waals surface area contributed by atoms with Gasteiger partial charge in [0.25, 0.3) is 0 Å². The van der Waals surface area contributed by atoms with Gasteiger partial charge in [0.05, 0.1) is 0 Å². The van der Waals surface area contributed by atoms with E-state index in [0.29, 0.717) is 12.8 Å². The van der Waals surface area contributed by atoms with Gasteiger partial charge in [-0.15, -0.1) is 0 Å². The molecule has 1 atom stereocenters. The first kappa shape index (κ1) is 11.7. The number of hydrogen-bond donors (Lipinski definition) is 2. The monoisotopic (exact) mass is 255 g/mol. The van der Waals surface area contributed by atoms with Crippen LogP contribution in [0.2, 0.25) is 0 Å². The quantitative estimate of drug-likeness (QED) is 0.866. The largest absolute Gasteiger partial charge is 0.478 e. The van der Waals surface area contributed by atoms with E-state index in [0.717, 1.165) is 16.5 Å². The molecule has 4 nitrogen and oxygen atoms in total. The topological polar surface area (TPSA) is 70.2 Å². The van der Waals surface area contributed by atoms with E-state index in [1.165, 1.54) is 6.08 Å². The molecule has 0 saturated carbocycles. The highest BCUT2D eigenvalue weighted by molar-refractivity contribution is 6.02. The molecule has 0 bridgehead atoms. The van der Waals surface area contributed by atoms with Crippen LogP contribution >= 0.6 is 0 Å². The predicted octanol–water partition coefficient (Wildman–Crippen LogP) is 2.63. The third-order valence-electron chi connectivity index (χ3n) is 3.61. The Hall–Kier alpha value is -2.36. The number of nitrogens with one attached hydrogen (secondary N) is 1. The molecule has 19 heavy (non-hydrogen) atoms. The summed E-state index contributed by atoms with van der Waals surface area (Å²) < 4.78 is 0. The number of allylic oxidation sites excluding steroid dienone is 1. The van der Waals surface area contributed by atoms with Crippen molar-refractivity contribution in [1.29, 1.82) is 0 Å². The molecule has 2 aromatic rings. The third-order valence-corrected chi connectivity index (χ3v) is 3.61. The van der Waals surface area contributed by atoms with Crippen molar-refractivity contribution in [3.63, 3.8) is 0 Å². The zero-order valence-electron chi connectivity index (χ0n) is 10.2. The van der Waals surface area contributed by atoms with Crippen LogP contribution in [0.3, 0.4) is 0 Å². The first-order valence-electron chi connectivity index (χ1n) is 6.20. The molecular weight excluding hydrogens is 242 g/mol. The van der Waals surface area contributed by atoms with Crippen molar-refractivity contribution in [3.8, 4) is 0 Å². The van der Waals surface area contributed by atoms with Crippen molar-refractivity contribution in [2.24, 2.45) is 0 Å². The number of carbonyl (C=O) groups excluding carboxylic acids is 1. The number of carboxylic acids is 1. The lowest BCUT2D eigenvalue weighted by Gasteiger charge is -2.20. The second kappa shape index (κ2) is 4.39. The number of ketones is 1. The molecule has 2 N–H and O–H groups in total. The summed E-state index contributed by atoms with van der Waals surface area (Å²) in [6.45, 7) is 0. The summed E-state index contributed by atoms with van der Waals surface area (Å²) in [5.74, 6) is -1.33. The maximum absolute atomic E-state index is 11.4. The van der Waals surface area contributed by atoms with Gasteiger partial charge >= 0.3 is 5.97 Å². The number of carboxylic acid groups (broad SMARTS) is 1. The molecule has 96 valence electrons. The van der Waals surface area contributed by atoms with E-state index < -0.39 is 5.97 Å². The highest BCUT2D eigenvalue weighted by atomic mass is 16.4. The predicted molar refractivity (Wildman–Crippen MR) is 71.0 cm³/mol. The van der Waals surface area contributed by atoms with E-state index in [1.807, 2.05) is 30.5 Å². The summed E-state index contributed by atoms with van der Waals surface area (Å²) >= 11 is 0. The van der Waals surface area contributed by atoms with Crippen LogP contribution in [0.25, 0.3) is 10.9 Å². The van der Waals surface area contributed by atoms with Crippen LogP contribution < -0.4 is 0 Å². The Balaban J connectivity index is 2.13. The zero-order chi connectivity index (χ0) is 13.4. The maximum Gasteiger partial charge on any atom is 0.332 e. The van der Waals surface area contributed by atoms with Gasteiger partial charge < -0.3 is 10.1 Å². The van der Waals surface area contributed by atoms with Gasteiger partial charge in [0.1, 0.15) is 0 Å². The van der Waals surface area contributed by atoms with Crippen molar-refractivity contribution in [3.05, 3.63) is 47.7 Å². The standard InChI is InChI=1S/C15H13NO3/c17-9-5-6-10(12(7-9)15(18)19)13-8-16-14-4-2-1-3-11(13)14/h1-4,7-8,10,16H,5-6H2,(H,18,19). The van der Waals surface area contributed by atoms with Crippen LogP contribution in [0, 0.1) is 0 Å². The molecule has 0 fully saturated rings. The lowest BCUT2D eigenvalue weighted by atomic mass is 9.82. The molecule has 1 aromatic heterocycles. The van der Waals surface area contributed by atoms with Crippen LogP contribution in [-0.2, 0) is 9.59 Å². The number of benzene rings is 1. The number of rotatable bonds is 2. The van der Waals surface area contributed by atoms with Crippen LogP contribution in [0.1, 0.15) is 24.3 Å². The average molecular weight is 255 g/mol. The fraction of sp³-hybridized carbons (Fsp3) is 0.200. The van der Waals surface area contributed by atoms with E-state index in [1.54, 1.807) is 0 Å². The molecule has 1 aromatic carbocycles. The Morgan fingerprint density at radius 3 is 2.89 bits per heavy atom. The van der Waals surface area contributed by atoms with Gasteiger partial charge in [0.15, 0.2) is 5.78 Å². The van der Waals surface area contributed by atoms with Crippen molar-refractivity contribution >= 4 is 22.7 Å². The molecule has 1 aliphatic carbocycles. The van der Waals surface area contributed by atoms with Gasteiger partial charge in [0.2, 0.25) is 0 Å². The number of fused-ring (bicyclic) bond motifs is 1. The molecule has 3 rings (SSSR count). The fourth-order valence-electron chi connectivity index (χ4n) is 2.70. The van der Waals surface area contributed by atoms with Crippen molar-refractivity contribution in [2.45, 2.75) is 18.8 Å². The van der Waals surface area contributed by atoms with E-state index in [4.69, 9.17) is 0 Å². The fourth-order valence-corrected chi connectivity index (χ4v) is 2.70. The summed E-state index contributed by atoms with van der Waals surface area (Å²) in [5.41, 5.74) is 2.14. The summed E-state index contributed by atoms with van der Waals surface area (Å²) in [6.07, 6.45) is 4.08. The van der Waals surface area contributed by atoms with Gasteiger partial charge in [-0.3, -0.25) is 4.79 Å². The van der Waals surface area contributed by atoms with Crippen molar-refractivity contribution in [2.75, 3.05) is 0 Å². The van der Waals surface area contributed by atoms with Gasteiger partial charge in [-0.2, -0.15) is 0 Å². The van der Waals surface area contributed by atoms with E-state index in [-0.39, 0.29) is 17.3 Å². The molecular formula is C15H13NO3. The minimum atomic E-state index is -1.01. The molecule has 0 saturated heterocycles. The van der Waals surface area contributed by atoms with Crippen molar-refractivity contribution < 1.29 is 14.7 Å². The van der Waals surface area contributed by atoms with Crippen LogP contribution in [0.4, 0.5) is 0 Å². The first-order chi connectivity index (χ1) is 9.16. The second-order valence-electron chi connectivity index (χ2n) is 4.75. The molecule has 0 amide bonds. The minimum Gasteiger partial charge on any atom is -0.478 e. The Morgan fingerprint density at radius 1 is 1.32 bits per heavy atom. The minimum absolute atomic E-state index is 0.103. The van der Waals surface area contributed by atoms with Gasteiger partial charge in [-0.1, -0.05) is 18.2 Å². The Labute approximate surface area is 109 Å². The first-order valence-corrected chi connectivity index (χ1v) is 6.20. The second-order valence-corrected chi connectivity index (χ2v) is 4.75. The zero-order valence-corrected chi connectivity index (χ0v) is 10.2. The molecule has 1 aliphatic rings. The Kier molecular flexibility index (Phi) is 2.71. The Morgan fingerprint density at radius 2 is 2.11 bits per heavy atom. The number of aromatic amines is 1. The normalized spacial score (nSPS) is 19.5. The molecule has 4 heteroatoms. The highest BCUT2D eigenvalue weighted by Gasteiger charge is 2.29. The summed E-state index contributed by atoms with van der Waals surface area (Å²) in [4.78, 5) is 25.9. The van der Waals surface area contributed by atoms with E-state index in [9.17, 15) is 14.7 Å². The lowest BCUT2D eigenvalue weighted by molar-refractivity contribution is -0.133.